The average molecular weight is 373 g/mol. The lowest BCUT2D eigenvalue weighted by molar-refractivity contribution is -0.138. The molecule has 2 N–H and O–H groups in total. The van der Waals surface area contributed by atoms with Crippen molar-refractivity contribution in [2.75, 3.05) is 0 Å². The minimum absolute atomic E-state index is 0.337. The smallest absolute Gasteiger partial charge is 0.303 e. The van der Waals surface area contributed by atoms with Crippen LogP contribution in [0.15, 0.2) is 39.5 Å². The van der Waals surface area contributed by atoms with E-state index in [-0.39, 0.29) is 0 Å². The van der Waals surface area contributed by atoms with Crippen LogP contribution in [0.4, 0.5) is 0 Å². The third-order valence-corrected chi connectivity index (χ3v) is 2.99. The highest BCUT2D eigenvalue weighted by molar-refractivity contribution is 5.66. The molecular weight excluding hydrogens is 328 g/mol. The molecule has 0 aliphatic heterocycles. The fourth-order valence-electron chi connectivity index (χ4n) is 1.76. The van der Waals surface area contributed by atoms with Gasteiger partial charge in [0.2, 0.25) is 0 Å². The predicted octanol–water partition coefficient (Wildman–Crippen LogP) is 7.27. The largest absolute Gasteiger partial charge is 0.481 e. The van der Waals surface area contributed by atoms with E-state index in [1.54, 1.807) is 0 Å². The Morgan fingerprint density at radius 2 is 0.769 bits per heavy atom. The molecule has 0 saturated carbocycles. The Labute approximate surface area is 162 Å². The van der Waals surface area contributed by atoms with Crippen molar-refractivity contribution in [2.24, 2.45) is 0 Å². The van der Waals surface area contributed by atoms with Crippen molar-refractivity contribution in [3.63, 3.8) is 0 Å². The lowest BCUT2D eigenvalue weighted by Crippen LogP contribution is -1.93. The number of aliphatic carboxylic acids is 2. The van der Waals surface area contributed by atoms with Crippen molar-refractivity contribution in [2.45, 2.75) is 90.9 Å². The molecule has 0 rings (SSSR count). The second-order valence-corrected chi connectivity index (χ2v) is 5.12. The van der Waals surface area contributed by atoms with Crippen LogP contribution in [0.2, 0.25) is 0 Å². The molecule has 0 unspecified atom stereocenters. The summed E-state index contributed by atoms with van der Waals surface area (Å²) in [7, 11) is 0. The van der Waals surface area contributed by atoms with E-state index in [2.05, 4.69) is 53.3 Å². The highest BCUT2D eigenvalue weighted by atomic mass is 16.4. The van der Waals surface area contributed by atoms with E-state index in [1.807, 2.05) is 0 Å². The van der Waals surface area contributed by atoms with Crippen molar-refractivity contribution < 1.29 is 19.8 Å². The van der Waals surface area contributed by atoms with E-state index >= 15 is 0 Å². The van der Waals surface area contributed by atoms with Crippen LogP contribution < -0.4 is 0 Å². The molecular formula is C22H44O4. The summed E-state index contributed by atoms with van der Waals surface area (Å²) in [5.74, 6) is -1.34. The first-order valence-electron chi connectivity index (χ1n) is 9.48. The zero-order chi connectivity index (χ0) is 21.6. The van der Waals surface area contributed by atoms with Crippen molar-refractivity contribution in [3.8, 4) is 0 Å². The summed E-state index contributed by atoms with van der Waals surface area (Å²) >= 11 is 0. The van der Waals surface area contributed by atoms with Gasteiger partial charge in [-0.1, -0.05) is 65.2 Å². The van der Waals surface area contributed by atoms with E-state index < -0.39 is 11.9 Å². The van der Waals surface area contributed by atoms with Crippen LogP contribution in [0.25, 0.3) is 0 Å². The summed E-state index contributed by atoms with van der Waals surface area (Å²) in [6.07, 6.45) is 11.8. The summed E-state index contributed by atoms with van der Waals surface area (Å²) in [6, 6.07) is 0. The first kappa shape index (κ1) is 35.3. The molecule has 0 aliphatic carbocycles. The topological polar surface area (TPSA) is 74.6 Å². The van der Waals surface area contributed by atoms with Crippen LogP contribution in [0.1, 0.15) is 90.9 Å². The summed E-state index contributed by atoms with van der Waals surface area (Å²) in [6.45, 7) is 22.3. The molecule has 0 fully saturated rings. The van der Waals surface area contributed by atoms with Crippen LogP contribution >= 0.6 is 0 Å². The van der Waals surface area contributed by atoms with E-state index in [0.717, 1.165) is 25.7 Å². The molecule has 0 spiro atoms. The Balaban J connectivity index is -0.0000000875. The molecule has 0 radical (unpaired) electrons. The highest BCUT2D eigenvalue weighted by Gasteiger charge is 1.95. The van der Waals surface area contributed by atoms with Gasteiger partial charge in [-0.3, -0.25) is 9.59 Å². The van der Waals surface area contributed by atoms with Crippen LogP contribution in [-0.4, -0.2) is 22.2 Å². The molecule has 0 heterocycles. The maximum Gasteiger partial charge on any atom is 0.303 e. The Hall–Kier alpha value is -1.84. The third kappa shape index (κ3) is 67.1. The van der Waals surface area contributed by atoms with E-state index in [0.29, 0.717) is 12.8 Å². The minimum atomic E-state index is -0.670. The van der Waals surface area contributed by atoms with Crippen LogP contribution in [0.3, 0.4) is 0 Å². The summed E-state index contributed by atoms with van der Waals surface area (Å²) in [5, 5.41) is 16.5. The lowest BCUT2D eigenvalue weighted by Gasteiger charge is -1.95. The van der Waals surface area contributed by atoms with Crippen LogP contribution in [0, 0.1) is 0 Å². The molecule has 0 aromatic heterocycles. The molecule has 0 aromatic carbocycles. The molecule has 0 amide bonds. The first-order valence-corrected chi connectivity index (χ1v) is 9.48. The van der Waals surface area contributed by atoms with Crippen molar-refractivity contribution in [1.82, 2.24) is 0 Å². The van der Waals surface area contributed by atoms with E-state index in [4.69, 9.17) is 10.2 Å². The number of carboxylic acid groups (broad SMARTS) is 2. The van der Waals surface area contributed by atoms with Crippen molar-refractivity contribution in [1.29, 1.82) is 0 Å². The van der Waals surface area contributed by atoms with Gasteiger partial charge in [-0.25, -0.2) is 0 Å². The monoisotopic (exact) mass is 372 g/mol. The van der Waals surface area contributed by atoms with Gasteiger partial charge < -0.3 is 10.2 Å². The van der Waals surface area contributed by atoms with Gasteiger partial charge in [0.1, 0.15) is 0 Å². The number of rotatable bonds is 12. The Morgan fingerprint density at radius 1 is 0.538 bits per heavy atom. The molecule has 4 nitrogen and oxygen atoms in total. The molecule has 0 saturated heterocycles. The van der Waals surface area contributed by atoms with Gasteiger partial charge in [0, 0.05) is 12.8 Å². The van der Waals surface area contributed by atoms with Crippen molar-refractivity contribution >= 4 is 11.9 Å². The molecule has 4 heteroatoms. The maximum atomic E-state index is 10.0. The number of hydrogen-bond acceptors (Lipinski definition) is 2. The normalized spacial score (nSPS) is 7.92. The Morgan fingerprint density at radius 3 is 0.962 bits per heavy atom. The van der Waals surface area contributed by atoms with Gasteiger partial charge in [0.15, 0.2) is 0 Å². The van der Waals surface area contributed by atoms with E-state index in [1.165, 1.54) is 38.5 Å². The summed E-state index contributed by atoms with van der Waals surface area (Å²) in [5.41, 5.74) is 0. The molecule has 156 valence electrons. The molecule has 0 aromatic rings. The minimum Gasteiger partial charge on any atom is -0.481 e. The Bertz CT molecular complexity index is 236. The van der Waals surface area contributed by atoms with Crippen LogP contribution in [0.5, 0.6) is 0 Å². The van der Waals surface area contributed by atoms with Gasteiger partial charge in [-0.05, 0) is 12.8 Å². The zero-order valence-electron chi connectivity index (χ0n) is 17.4. The second kappa shape index (κ2) is 43.6. The molecule has 0 atom stereocenters. The third-order valence-electron chi connectivity index (χ3n) is 2.99. The standard InChI is InChI=1S/2C8H16O2.3C2H4/c2*1-2-3-4-5-6-7-8(9)10;3*1-2/h2*2-7H2,1H3,(H,9,10);3*1-2H2. The molecule has 26 heavy (non-hydrogen) atoms. The Kier molecular flexibility index (Phi) is 59.1. The van der Waals surface area contributed by atoms with Gasteiger partial charge in [-0.15, -0.1) is 39.5 Å². The average Bonchev–Trinajstić information content (AvgIpc) is 2.66. The first-order chi connectivity index (χ1) is 12.5. The van der Waals surface area contributed by atoms with Crippen molar-refractivity contribution in [3.05, 3.63) is 39.5 Å². The maximum absolute atomic E-state index is 10.0. The fourth-order valence-corrected chi connectivity index (χ4v) is 1.76. The number of hydrogen-bond donors (Lipinski definition) is 2. The quantitative estimate of drug-likeness (QED) is 0.279. The predicted molar refractivity (Wildman–Crippen MR) is 116 cm³/mol. The summed E-state index contributed by atoms with van der Waals surface area (Å²) < 4.78 is 0. The van der Waals surface area contributed by atoms with Gasteiger partial charge in [0.05, 0.1) is 0 Å². The van der Waals surface area contributed by atoms with Crippen LogP contribution in [-0.2, 0) is 9.59 Å². The van der Waals surface area contributed by atoms with Gasteiger partial charge in [0.25, 0.3) is 0 Å². The number of unbranched alkanes of at least 4 members (excludes halogenated alkanes) is 8. The van der Waals surface area contributed by atoms with Gasteiger partial charge in [-0.2, -0.15) is 0 Å². The summed E-state index contributed by atoms with van der Waals surface area (Å²) in [4.78, 5) is 20.1. The number of carbonyl (C=O) groups is 2. The second-order valence-electron chi connectivity index (χ2n) is 5.12. The van der Waals surface area contributed by atoms with Gasteiger partial charge >= 0.3 is 11.9 Å². The molecule has 0 bridgehead atoms. The van der Waals surface area contributed by atoms with E-state index in [9.17, 15) is 9.59 Å². The number of carboxylic acids is 2. The fraction of sp³-hybridized carbons (Fsp3) is 0.636. The SMILES string of the molecule is C=C.C=C.C=C.CCCCCCCC(=O)O.CCCCCCCC(=O)O. The zero-order valence-corrected chi connectivity index (χ0v) is 17.4. The molecule has 0 aliphatic rings. The lowest BCUT2D eigenvalue weighted by atomic mass is 10.1. The highest BCUT2D eigenvalue weighted by Crippen LogP contribution is 2.04.